The maximum absolute atomic E-state index is 12.3. The molecule has 3 aromatic rings. The molecule has 1 aromatic carbocycles. The lowest BCUT2D eigenvalue weighted by molar-refractivity contribution is -0.116. The molecule has 28 heavy (non-hydrogen) atoms. The highest BCUT2D eigenvalue weighted by Gasteiger charge is 2.22. The predicted molar refractivity (Wildman–Crippen MR) is 113 cm³/mol. The van der Waals surface area contributed by atoms with Crippen LogP contribution in [0.15, 0.2) is 35.8 Å². The zero-order valence-corrected chi connectivity index (χ0v) is 17.1. The minimum atomic E-state index is -0.000187. The number of morpholine rings is 1. The summed E-state index contributed by atoms with van der Waals surface area (Å²) in [5, 5.41) is 6.83. The van der Waals surface area contributed by atoms with Gasteiger partial charge in [-0.3, -0.25) is 9.69 Å². The van der Waals surface area contributed by atoms with Crippen LogP contribution in [0, 0.1) is 0 Å². The quantitative estimate of drug-likeness (QED) is 0.663. The minimum absolute atomic E-state index is 0.000187. The second-order valence-electron chi connectivity index (χ2n) is 7.50. The number of hydrogen-bond acceptors (Lipinski definition) is 5. The summed E-state index contributed by atoms with van der Waals surface area (Å²) in [4.78, 5) is 22.5. The molecule has 6 nitrogen and oxygen atoms in total. The summed E-state index contributed by atoms with van der Waals surface area (Å²) in [6.45, 7) is 6.81. The number of aromatic nitrogens is 2. The standard InChI is InChI=1S/C21H26N4O2S/c1-14-10-25(11-15(2)27-14)12-17-13-28-21(23-17)24-20(26)8-7-16-9-22-19-6-4-3-5-18(16)19/h3-6,9,13-15,22H,7-8,10-12H2,1-2H3,(H,23,24,26). The second-order valence-corrected chi connectivity index (χ2v) is 8.36. The van der Waals surface area contributed by atoms with Crippen molar-refractivity contribution >= 4 is 33.3 Å². The molecule has 1 saturated heterocycles. The summed E-state index contributed by atoms with van der Waals surface area (Å²) in [7, 11) is 0. The maximum atomic E-state index is 12.3. The largest absolute Gasteiger partial charge is 0.373 e. The summed E-state index contributed by atoms with van der Waals surface area (Å²) in [5.41, 5.74) is 3.27. The van der Waals surface area contributed by atoms with Crippen LogP contribution >= 0.6 is 11.3 Å². The molecule has 2 unspecified atom stereocenters. The van der Waals surface area contributed by atoms with Crippen LogP contribution in [0.5, 0.6) is 0 Å². The number of para-hydroxylation sites is 1. The van der Waals surface area contributed by atoms with E-state index in [1.807, 2.05) is 29.8 Å². The first kappa shape index (κ1) is 19.1. The molecular formula is C21H26N4O2S. The number of thiazole rings is 1. The van der Waals surface area contributed by atoms with Gasteiger partial charge in [-0.15, -0.1) is 11.3 Å². The summed E-state index contributed by atoms with van der Waals surface area (Å²) >= 11 is 1.49. The zero-order valence-electron chi connectivity index (χ0n) is 16.3. The van der Waals surface area contributed by atoms with Gasteiger partial charge in [0.1, 0.15) is 0 Å². The van der Waals surface area contributed by atoms with E-state index >= 15 is 0 Å². The lowest BCUT2D eigenvalue weighted by Crippen LogP contribution is -2.44. The molecular weight excluding hydrogens is 372 g/mol. The number of amides is 1. The number of hydrogen-bond donors (Lipinski definition) is 2. The fourth-order valence-electron chi connectivity index (χ4n) is 3.85. The Balaban J connectivity index is 1.29. The van der Waals surface area contributed by atoms with Crippen LogP contribution in [0.4, 0.5) is 5.13 Å². The van der Waals surface area contributed by atoms with Crippen LogP contribution in [0.2, 0.25) is 0 Å². The van der Waals surface area contributed by atoms with E-state index in [-0.39, 0.29) is 18.1 Å². The van der Waals surface area contributed by atoms with Gasteiger partial charge in [-0.05, 0) is 31.9 Å². The van der Waals surface area contributed by atoms with Crippen LogP contribution in [0.3, 0.4) is 0 Å². The first-order valence-corrected chi connectivity index (χ1v) is 10.6. The highest BCUT2D eigenvalue weighted by Crippen LogP contribution is 2.21. The van der Waals surface area contributed by atoms with Gasteiger partial charge in [-0.25, -0.2) is 4.98 Å². The molecule has 0 saturated carbocycles. The molecule has 2 aromatic heterocycles. The number of carbonyl (C=O) groups is 1. The molecule has 2 atom stereocenters. The Kier molecular flexibility index (Phi) is 5.75. The molecule has 0 bridgehead atoms. The summed E-state index contributed by atoms with van der Waals surface area (Å²) in [6.07, 6.45) is 3.62. The second kappa shape index (κ2) is 8.43. The van der Waals surface area contributed by atoms with Crippen molar-refractivity contribution in [1.29, 1.82) is 0 Å². The molecule has 1 amide bonds. The molecule has 0 aliphatic carbocycles. The highest BCUT2D eigenvalue weighted by atomic mass is 32.1. The highest BCUT2D eigenvalue weighted by molar-refractivity contribution is 7.13. The number of H-pyrrole nitrogens is 1. The lowest BCUT2D eigenvalue weighted by Gasteiger charge is -2.34. The van der Waals surface area contributed by atoms with E-state index in [0.717, 1.165) is 30.8 Å². The van der Waals surface area contributed by atoms with Crippen molar-refractivity contribution < 1.29 is 9.53 Å². The van der Waals surface area contributed by atoms with Crippen molar-refractivity contribution in [2.24, 2.45) is 0 Å². The predicted octanol–water partition coefficient (Wildman–Crippen LogP) is 3.80. The van der Waals surface area contributed by atoms with Crippen molar-refractivity contribution in [3.05, 3.63) is 47.1 Å². The molecule has 7 heteroatoms. The van der Waals surface area contributed by atoms with Crippen LogP contribution in [0.25, 0.3) is 10.9 Å². The van der Waals surface area contributed by atoms with Crippen molar-refractivity contribution in [1.82, 2.24) is 14.9 Å². The number of rotatable bonds is 6. The van der Waals surface area contributed by atoms with E-state index in [0.29, 0.717) is 18.0 Å². The Hall–Kier alpha value is -2.22. The summed E-state index contributed by atoms with van der Waals surface area (Å²) in [6, 6.07) is 8.16. The third-order valence-electron chi connectivity index (χ3n) is 4.98. The van der Waals surface area contributed by atoms with Crippen LogP contribution in [0.1, 0.15) is 31.5 Å². The molecule has 1 aliphatic rings. The van der Waals surface area contributed by atoms with Gasteiger partial charge in [0.05, 0.1) is 17.9 Å². The van der Waals surface area contributed by atoms with Crippen molar-refractivity contribution in [3.63, 3.8) is 0 Å². The van der Waals surface area contributed by atoms with Crippen LogP contribution in [-0.2, 0) is 22.5 Å². The average Bonchev–Trinajstić information content (AvgIpc) is 3.26. The fraction of sp³-hybridized carbons (Fsp3) is 0.429. The van der Waals surface area contributed by atoms with Crippen LogP contribution in [-0.4, -0.2) is 46.1 Å². The van der Waals surface area contributed by atoms with Crippen molar-refractivity contribution in [2.45, 2.75) is 45.4 Å². The molecule has 148 valence electrons. The normalized spacial score (nSPS) is 20.5. The van der Waals surface area contributed by atoms with Gasteiger partial charge >= 0.3 is 0 Å². The smallest absolute Gasteiger partial charge is 0.226 e. The number of ether oxygens (including phenoxy) is 1. The molecule has 4 rings (SSSR count). The van der Waals surface area contributed by atoms with Gasteiger partial charge in [0, 0.05) is 48.5 Å². The Morgan fingerprint density at radius 1 is 1.32 bits per heavy atom. The van der Waals surface area contributed by atoms with E-state index in [9.17, 15) is 4.79 Å². The number of fused-ring (bicyclic) bond motifs is 1. The van der Waals surface area contributed by atoms with E-state index in [4.69, 9.17) is 4.74 Å². The molecule has 1 fully saturated rings. The van der Waals surface area contributed by atoms with Gasteiger partial charge in [0.2, 0.25) is 5.91 Å². The van der Waals surface area contributed by atoms with E-state index < -0.39 is 0 Å². The fourth-order valence-corrected chi connectivity index (χ4v) is 4.57. The SMILES string of the molecule is CC1CN(Cc2csc(NC(=O)CCc3c[nH]c4ccccc34)n2)CC(C)O1. The number of benzene rings is 1. The summed E-state index contributed by atoms with van der Waals surface area (Å²) < 4.78 is 5.78. The monoisotopic (exact) mass is 398 g/mol. The molecule has 0 radical (unpaired) electrons. The first-order valence-electron chi connectivity index (χ1n) is 9.74. The Labute approximate surface area is 168 Å². The topological polar surface area (TPSA) is 70.2 Å². The van der Waals surface area contributed by atoms with Gasteiger partial charge in [0.25, 0.3) is 0 Å². The number of carbonyl (C=O) groups excluding carboxylic acids is 1. The Morgan fingerprint density at radius 2 is 2.11 bits per heavy atom. The third kappa shape index (κ3) is 4.60. The first-order chi connectivity index (χ1) is 13.6. The number of aryl methyl sites for hydroxylation is 1. The Morgan fingerprint density at radius 3 is 2.93 bits per heavy atom. The van der Waals surface area contributed by atoms with Crippen LogP contribution < -0.4 is 5.32 Å². The van der Waals surface area contributed by atoms with Gasteiger partial charge < -0.3 is 15.0 Å². The van der Waals surface area contributed by atoms with Crippen molar-refractivity contribution in [3.8, 4) is 0 Å². The number of anilines is 1. The number of nitrogens with one attached hydrogen (secondary N) is 2. The Bertz CT molecular complexity index is 941. The van der Waals surface area contributed by atoms with E-state index in [1.165, 1.54) is 22.3 Å². The van der Waals surface area contributed by atoms with E-state index in [2.05, 4.69) is 40.1 Å². The third-order valence-corrected chi connectivity index (χ3v) is 5.78. The van der Waals surface area contributed by atoms with E-state index in [1.54, 1.807) is 0 Å². The number of nitrogens with zero attached hydrogens (tertiary/aromatic N) is 2. The minimum Gasteiger partial charge on any atom is -0.373 e. The molecule has 0 spiro atoms. The van der Waals surface area contributed by atoms with Gasteiger partial charge in [0.15, 0.2) is 5.13 Å². The maximum Gasteiger partial charge on any atom is 0.226 e. The van der Waals surface area contributed by atoms with Gasteiger partial charge in [-0.2, -0.15) is 0 Å². The van der Waals surface area contributed by atoms with Gasteiger partial charge in [-0.1, -0.05) is 18.2 Å². The van der Waals surface area contributed by atoms with Crippen molar-refractivity contribution in [2.75, 3.05) is 18.4 Å². The lowest BCUT2D eigenvalue weighted by atomic mass is 10.1. The number of aromatic amines is 1. The molecule has 1 aliphatic heterocycles. The molecule has 3 heterocycles. The molecule has 2 N–H and O–H groups in total. The summed E-state index contributed by atoms with van der Waals surface area (Å²) in [5.74, 6) is -0.000187. The zero-order chi connectivity index (χ0) is 19.5. The average molecular weight is 399 g/mol.